The second-order valence-electron chi connectivity index (χ2n) is 8.97. The van der Waals surface area contributed by atoms with Crippen molar-refractivity contribution in [1.82, 2.24) is 4.90 Å². The number of fused-ring (bicyclic) bond motifs is 3. The fourth-order valence-corrected chi connectivity index (χ4v) is 6.09. The molecule has 0 radical (unpaired) electrons. The van der Waals surface area contributed by atoms with Crippen molar-refractivity contribution < 1.29 is 9.53 Å². The quantitative estimate of drug-likeness (QED) is 0.853. The second-order valence-corrected chi connectivity index (χ2v) is 8.97. The van der Waals surface area contributed by atoms with Crippen LogP contribution in [0.4, 0.5) is 5.69 Å². The van der Waals surface area contributed by atoms with Crippen molar-refractivity contribution in [1.29, 1.82) is 0 Å². The topological polar surface area (TPSA) is 71.2 Å². The highest BCUT2D eigenvalue weighted by atomic mass is 16.5. The Morgan fingerprint density at radius 1 is 1.21 bits per heavy atom. The Hall–Kier alpha value is -2.08. The summed E-state index contributed by atoms with van der Waals surface area (Å²) in [7, 11) is 3.54. The van der Waals surface area contributed by atoms with Crippen LogP contribution in [0, 0.1) is 5.41 Å². The molecule has 6 heteroatoms. The molecule has 1 amide bonds. The van der Waals surface area contributed by atoms with Crippen LogP contribution >= 0.6 is 0 Å². The number of guanidine groups is 1. The lowest BCUT2D eigenvalue weighted by Crippen LogP contribution is -2.51. The van der Waals surface area contributed by atoms with E-state index >= 15 is 0 Å². The predicted octanol–water partition coefficient (Wildman–Crippen LogP) is 2.40. The molecule has 2 spiro atoms. The molecule has 4 aliphatic rings. The number of carbonyl (C=O) groups excluding carboxylic acids is 1. The summed E-state index contributed by atoms with van der Waals surface area (Å²) >= 11 is 0. The normalized spacial score (nSPS) is 34.6. The van der Waals surface area contributed by atoms with Crippen LogP contribution in [0.5, 0.6) is 0 Å². The van der Waals surface area contributed by atoms with Gasteiger partial charge in [-0.25, -0.2) is 4.99 Å². The monoisotopic (exact) mass is 382 g/mol. The fourth-order valence-electron chi connectivity index (χ4n) is 6.09. The smallest absolute Gasteiger partial charge is 0.262 e. The second kappa shape index (κ2) is 6.21. The molecule has 0 bridgehead atoms. The lowest BCUT2D eigenvalue weighted by molar-refractivity contribution is -0.137. The van der Waals surface area contributed by atoms with Gasteiger partial charge in [0.1, 0.15) is 0 Å². The van der Waals surface area contributed by atoms with Crippen LogP contribution in [0.1, 0.15) is 49.7 Å². The van der Waals surface area contributed by atoms with Gasteiger partial charge in [0.25, 0.3) is 5.91 Å². The Labute approximate surface area is 166 Å². The molecule has 5 rings (SSSR count). The van der Waals surface area contributed by atoms with Gasteiger partial charge in [-0.15, -0.1) is 0 Å². The van der Waals surface area contributed by atoms with E-state index < -0.39 is 5.54 Å². The molecule has 2 N–H and O–H groups in total. The summed E-state index contributed by atoms with van der Waals surface area (Å²) in [6.45, 7) is 2.18. The summed E-state index contributed by atoms with van der Waals surface area (Å²) in [5.41, 5.74) is 8.71. The molecule has 1 unspecified atom stereocenters. The molecule has 150 valence electrons. The molecular formula is C22H30N4O2. The molecule has 2 heterocycles. The molecule has 1 atom stereocenters. The molecule has 0 aromatic heterocycles. The minimum atomic E-state index is -0.865. The molecule has 2 aliphatic heterocycles. The number of hydrogen-bond donors (Lipinski definition) is 1. The van der Waals surface area contributed by atoms with Crippen LogP contribution in [0.3, 0.4) is 0 Å². The number of benzene rings is 1. The van der Waals surface area contributed by atoms with E-state index in [1.165, 1.54) is 24.1 Å². The third-order valence-corrected chi connectivity index (χ3v) is 7.71. The van der Waals surface area contributed by atoms with Crippen molar-refractivity contribution in [2.75, 3.05) is 32.1 Å². The molecule has 2 fully saturated rings. The van der Waals surface area contributed by atoms with E-state index in [1.54, 1.807) is 19.1 Å². The third-order valence-electron chi connectivity index (χ3n) is 7.71. The first-order chi connectivity index (χ1) is 13.5. The number of rotatable bonds is 2. The van der Waals surface area contributed by atoms with Gasteiger partial charge >= 0.3 is 0 Å². The molecular weight excluding hydrogens is 352 g/mol. The lowest BCUT2D eigenvalue weighted by Gasteiger charge is -2.45. The summed E-state index contributed by atoms with van der Waals surface area (Å²) in [6.07, 6.45) is 7.46. The van der Waals surface area contributed by atoms with Crippen LogP contribution in [0.15, 0.2) is 23.2 Å². The van der Waals surface area contributed by atoms with E-state index in [9.17, 15) is 4.79 Å². The van der Waals surface area contributed by atoms with Crippen LogP contribution in [0.25, 0.3) is 0 Å². The molecule has 1 aromatic carbocycles. The van der Waals surface area contributed by atoms with Gasteiger partial charge < -0.3 is 15.4 Å². The number of likely N-dealkylation sites (N-methyl/N-ethyl adjacent to an activating group) is 1. The van der Waals surface area contributed by atoms with Gasteiger partial charge in [-0.05, 0) is 68.2 Å². The van der Waals surface area contributed by atoms with Crippen LogP contribution < -0.4 is 10.6 Å². The van der Waals surface area contributed by atoms with Gasteiger partial charge in [-0.3, -0.25) is 9.69 Å². The minimum Gasteiger partial charge on any atom is -0.381 e. The largest absolute Gasteiger partial charge is 0.381 e. The Morgan fingerprint density at radius 2 is 1.93 bits per heavy atom. The zero-order chi connectivity index (χ0) is 19.5. The summed E-state index contributed by atoms with van der Waals surface area (Å²) in [5, 5.41) is 0. The average molecular weight is 383 g/mol. The van der Waals surface area contributed by atoms with E-state index in [0.717, 1.165) is 50.8 Å². The van der Waals surface area contributed by atoms with Crippen molar-refractivity contribution in [3.05, 3.63) is 29.3 Å². The van der Waals surface area contributed by atoms with E-state index in [4.69, 9.17) is 15.5 Å². The summed E-state index contributed by atoms with van der Waals surface area (Å²) in [6, 6.07) is 6.71. The van der Waals surface area contributed by atoms with E-state index in [1.807, 2.05) is 0 Å². The number of hydrogen-bond acceptors (Lipinski definition) is 5. The maximum Gasteiger partial charge on any atom is 0.262 e. The highest BCUT2D eigenvalue weighted by molar-refractivity contribution is 6.08. The van der Waals surface area contributed by atoms with Gasteiger partial charge in [0.15, 0.2) is 11.5 Å². The maximum atomic E-state index is 13.6. The van der Waals surface area contributed by atoms with Crippen molar-refractivity contribution in [2.24, 2.45) is 16.1 Å². The van der Waals surface area contributed by atoms with Gasteiger partial charge in [-0.2, -0.15) is 0 Å². The summed E-state index contributed by atoms with van der Waals surface area (Å²) in [5.74, 6) is 0.385. The van der Waals surface area contributed by atoms with Gasteiger partial charge in [0.05, 0.1) is 6.10 Å². The Kier molecular flexibility index (Phi) is 3.99. The highest BCUT2D eigenvalue weighted by Gasteiger charge is 2.66. The molecule has 1 saturated carbocycles. The van der Waals surface area contributed by atoms with Crippen molar-refractivity contribution in [3.8, 4) is 0 Å². The number of nitrogens with zero attached hydrogens (tertiary/aromatic N) is 3. The number of ether oxygens (including phenoxy) is 1. The highest BCUT2D eigenvalue weighted by Crippen LogP contribution is 2.62. The Bertz CT molecular complexity index is 837. The first kappa shape index (κ1) is 18.0. The Morgan fingerprint density at radius 3 is 2.54 bits per heavy atom. The molecule has 1 aromatic rings. The fraction of sp³-hybridized carbons (Fsp3) is 0.636. The SMILES string of the molecule is COC1CCC2(CC1)Cc1ccc(N3CCCC3)cc1C21N=C(N)N(C)C1=O. The van der Waals surface area contributed by atoms with Crippen molar-refractivity contribution in [2.45, 2.75) is 56.6 Å². The predicted molar refractivity (Wildman–Crippen MR) is 109 cm³/mol. The molecule has 6 nitrogen and oxygen atoms in total. The number of aliphatic imine (C=N–C) groups is 1. The third kappa shape index (κ3) is 2.24. The number of methoxy groups -OCH3 is 1. The van der Waals surface area contributed by atoms with Gasteiger partial charge in [-0.1, -0.05) is 6.07 Å². The number of nitrogens with two attached hydrogens (primary N) is 1. The minimum absolute atomic E-state index is 0.0400. The summed E-state index contributed by atoms with van der Waals surface area (Å²) in [4.78, 5) is 22.6. The number of carbonyl (C=O) groups is 1. The van der Waals surface area contributed by atoms with E-state index in [-0.39, 0.29) is 17.4 Å². The van der Waals surface area contributed by atoms with Crippen LogP contribution in [0.2, 0.25) is 0 Å². The van der Waals surface area contributed by atoms with E-state index in [0.29, 0.717) is 5.96 Å². The summed E-state index contributed by atoms with van der Waals surface area (Å²) < 4.78 is 5.62. The number of anilines is 1. The van der Waals surface area contributed by atoms with Crippen LogP contribution in [-0.4, -0.2) is 50.1 Å². The van der Waals surface area contributed by atoms with Crippen molar-refractivity contribution >= 4 is 17.6 Å². The zero-order valence-corrected chi connectivity index (χ0v) is 16.9. The first-order valence-corrected chi connectivity index (χ1v) is 10.6. The van der Waals surface area contributed by atoms with Gasteiger partial charge in [0, 0.05) is 38.3 Å². The average Bonchev–Trinajstić information content (AvgIpc) is 3.39. The lowest BCUT2D eigenvalue weighted by atomic mass is 9.61. The molecule has 1 saturated heterocycles. The van der Waals surface area contributed by atoms with Crippen molar-refractivity contribution in [3.63, 3.8) is 0 Å². The maximum absolute atomic E-state index is 13.6. The first-order valence-electron chi connectivity index (χ1n) is 10.6. The Balaban J connectivity index is 1.64. The van der Waals surface area contributed by atoms with Crippen LogP contribution in [-0.2, 0) is 21.5 Å². The van der Waals surface area contributed by atoms with E-state index in [2.05, 4.69) is 23.1 Å². The number of amides is 1. The van der Waals surface area contributed by atoms with Gasteiger partial charge in [0.2, 0.25) is 0 Å². The molecule has 2 aliphatic carbocycles. The standard InChI is InChI=1S/C22H30N4O2/c1-25-19(27)22(24-20(25)23)18-13-16(26-11-3-4-12-26)6-5-15(18)14-21(22)9-7-17(28-2)8-10-21/h5-6,13,17H,3-4,7-12,14H2,1-2H3,(H2,23,24). The zero-order valence-electron chi connectivity index (χ0n) is 16.9. The molecule has 28 heavy (non-hydrogen) atoms.